The molecule has 0 fully saturated rings. The van der Waals surface area contributed by atoms with Gasteiger partial charge in [0.1, 0.15) is 0 Å². The summed E-state index contributed by atoms with van der Waals surface area (Å²) in [6.07, 6.45) is 3.23. The summed E-state index contributed by atoms with van der Waals surface area (Å²) in [5.41, 5.74) is 0.784. The van der Waals surface area contributed by atoms with Crippen LogP contribution in [0.25, 0.3) is 0 Å². The van der Waals surface area contributed by atoms with Gasteiger partial charge in [0.2, 0.25) is 15.9 Å². The van der Waals surface area contributed by atoms with Gasteiger partial charge in [0.05, 0.1) is 16.7 Å². The molecule has 0 spiro atoms. The van der Waals surface area contributed by atoms with Crippen LogP contribution in [0.2, 0.25) is 0 Å². The fourth-order valence-corrected chi connectivity index (χ4v) is 2.93. The first-order valence-corrected chi connectivity index (χ1v) is 9.21. The Morgan fingerprint density at radius 2 is 1.87 bits per heavy atom. The highest BCUT2D eigenvalue weighted by Crippen LogP contribution is 2.16. The van der Waals surface area contributed by atoms with Crippen molar-refractivity contribution >= 4 is 27.7 Å². The number of benzene rings is 1. The lowest BCUT2D eigenvalue weighted by atomic mass is 10.1. The van der Waals surface area contributed by atoms with E-state index in [4.69, 9.17) is 5.14 Å². The summed E-state index contributed by atoms with van der Waals surface area (Å²) in [7, 11) is -3.71. The maximum atomic E-state index is 11.9. The van der Waals surface area contributed by atoms with Gasteiger partial charge in [-0.15, -0.1) is 0 Å². The van der Waals surface area contributed by atoms with Crippen molar-refractivity contribution in [2.24, 2.45) is 5.14 Å². The molecule has 0 aliphatic carbocycles. The normalized spacial score (nSPS) is 12.6. The second kappa shape index (κ2) is 7.53. The molecule has 0 unspecified atom stereocenters. The number of aromatic nitrogens is 2. The number of amides is 1. The number of primary sulfonamides is 1. The minimum Gasteiger partial charge on any atom is -0.349 e. The fourth-order valence-electron chi connectivity index (χ4n) is 1.80. The zero-order valence-corrected chi connectivity index (χ0v) is 14.0. The van der Waals surface area contributed by atoms with Gasteiger partial charge in [-0.05, 0) is 30.7 Å². The molecule has 0 radical (unpaired) electrons. The van der Waals surface area contributed by atoms with Gasteiger partial charge < -0.3 is 5.32 Å². The van der Waals surface area contributed by atoms with E-state index in [9.17, 15) is 13.2 Å². The number of carbonyl (C=O) groups excluding carboxylic acids is 1. The second-order valence-corrected chi connectivity index (χ2v) is 7.23. The summed E-state index contributed by atoms with van der Waals surface area (Å²) < 4.78 is 22.4. The number of rotatable bonds is 6. The van der Waals surface area contributed by atoms with E-state index in [1.165, 1.54) is 23.9 Å². The molecule has 0 aliphatic heterocycles. The zero-order valence-electron chi connectivity index (χ0n) is 12.3. The number of hydrogen-bond acceptors (Lipinski definition) is 6. The highest BCUT2D eigenvalue weighted by atomic mass is 32.2. The van der Waals surface area contributed by atoms with Crippen LogP contribution in [0.4, 0.5) is 0 Å². The second-order valence-electron chi connectivity index (χ2n) is 4.72. The van der Waals surface area contributed by atoms with Crippen LogP contribution in [0.15, 0.2) is 52.8 Å². The fraction of sp³-hybridized carbons (Fsp3) is 0.214. The molecule has 1 aromatic heterocycles. The number of hydrogen-bond donors (Lipinski definition) is 2. The summed E-state index contributed by atoms with van der Waals surface area (Å²) in [6.45, 7) is 1.81. The van der Waals surface area contributed by atoms with Crippen LogP contribution in [0.1, 0.15) is 18.5 Å². The third kappa shape index (κ3) is 5.31. The van der Waals surface area contributed by atoms with Crippen LogP contribution in [0.5, 0.6) is 0 Å². The smallest absolute Gasteiger partial charge is 0.238 e. The number of nitrogens with one attached hydrogen (secondary N) is 1. The molecular weight excluding hydrogens is 336 g/mol. The van der Waals surface area contributed by atoms with Crippen molar-refractivity contribution in [2.45, 2.75) is 23.0 Å². The maximum absolute atomic E-state index is 11.9. The van der Waals surface area contributed by atoms with Gasteiger partial charge in [-0.1, -0.05) is 23.9 Å². The van der Waals surface area contributed by atoms with E-state index >= 15 is 0 Å². The summed E-state index contributed by atoms with van der Waals surface area (Å²) >= 11 is 1.24. The van der Waals surface area contributed by atoms with Crippen LogP contribution < -0.4 is 10.5 Å². The molecule has 3 N–H and O–H groups in total. The van der Waals surface area contributed by atoms with Crippen LogP contribution in [0.3, 0.4) is 0 Å². The standard InChI is InChI=1S/C14H16N4O3S2/c1-10(11-3-5-12(6-4-11)23(15,20)21)18-13(19)9-22-14-16-7-2-8-17-14/h2-8,10H,9H2,1H3,(H,18,19)(H2,15,20,21)/t10-/m1/s1. The SMILES string of the molecule is C[C@@H](NC(=O)CSc1ncccn1)c1ccc(S(N)(=O)=O)cc1. The van der Waals surface area contributed by atoms with E-state index in [1.54, 1.807) is 30.6 Å². The van der Waals surface area contributed by atoms with E-state index in [1.807, 2.05) is 6.92 Å². The highest BCUT2D eigenvalue weighted by Gasteiger charge is 2.12. The van der Waals surface area contributed by atoms with Crippen molar-refractivity contribution in [1.82, 2.24) is 15.3 Å². The number of nitrogens with two attached hydrogens (primary N) is 1. The molecule has 0 bridgehead atoms. The van der Waals surface area contributed by atoms with Crippen LogP contribution in [-0.4, -0.2) is 30.0 Å². The Hall–Kier alpha value is -1.97. The van der Waals surface area contributed by atoms with Crippen molar-refractivity contribution in [3.8, 4) is 0 Å². The Kier molecular flexibility index (Phi) is 5.69. The summed E-state index contributed by atoms with van der Waals surface area (Å²) in [4.78, 5) is 20.0. The van der Waals surface area contributed by atoms with Crippen molar-refractivity contribution in [2.75, 3.05) is 5.75 Å². The molecule has 0 saturated carbocycles. The van der Waals surface area contributed by atoms with E-state index in [0.29, 0.717) is 5.16 Å². The van der Waals surface area contributed by atoms with Gasteiger partial charge in [-0.3, -0.25) is 4.79 Å². The lowest BCUT2D eigenvalue weighted by Crippen LogP contribution is -2.28. The first kappa shape index (κ1) is 17.4. The van der Waals surface area contributed by atoms with Crippen LogP contribution in [0, 0.1) is 0 Å². The Morgan fingerprint density at radius 3 is 2.43 bits per heavy atom. The molecule has 122 valence electrons. The van der Waals surface area contributed by atoms with E-state index in [-0.39, 0.29) is 22.6 Å². The zero-order chi connectivity index (χ0) is 16.9. The van der Waals surface area contributed by atoms with Gasteiger partial charge in [-0.2, -0.15) is 0 Å². The van der Waals surface area contributed by atoms with Crippen LogP contribution >= 0.6 is 11.8 Å². The molecule has 1 amide bonds. The number of nitrogens with zero attached hydrogens (tertiary/aromatic N) is 2. The third-order valence-electron chi connectivity index (χ3n) is 2.96. The average molecular weight is 352 g/mol. The molecule has 1 heterocycles. The minimum absolute atomic E-state index is 0.0385. The average Bonchev–Trinajstić information content (AvgIpc) is 2.53. The Labute approximate surface area is 138 Å². The Bertz CT molecular complexity index is 764. The molecule has 1 aromatic carbocycles. The highest BCUT2D eigenvalue weighted by molar-refractivity contribution is 7.99. The lowest BCUT2D eigenvalue weighted by Gasteiger charge is -2.14. The van der Waals surface area contributed by atoms with Gasteiger partial charge in [0.25, 0.3) is 0 Å². The van der Waals surface area contributed by atoms with Crippen molar-refractivity contribution < 1.29 is 13.2 Å². The molecule has 9 heteroatoms. The predicted molar refractivity (Wildman–Crippen MR) is 87.1 cm³/mol. The van der Waals surface area contributed by atoms with Crippen molar-refractivity contribution in [3.63, 3.8) is 0 Å². The van der Waals surface area contributed by atoms with Gasteiger partial charge in [-0.25, -0.2) is 23.5 Å². The first-order valence-electron chi connectivity index (χ1n) is 6.68. The first-order chi connectivity index (χ1) is 10.9. The molecule has 0 aliphatic rings. The summed E-state index contributed by atoms with van der Waals surface area (Å²) in [6, 6.07) is 7.53. The quantitative estimate of drug-likeness (QED) is 0.594. The number of sulfonamides is 1. The van der Waals surface area contributed by atoms with Gasteiger partial charge in [0.15, 0.2) is 5.16 Å². The molecule has 1 atom stereocenters. The van der Waals surface area contributed by atoms with E-state index in [0.717, 1.165) is 5.56 Å². The van der Waals surface area contributed by atoms with Crippen molar-refractivity contribution in [1.29, 1.82) is 0 Å². The molecule has 2 aromatic rings. The Morgan fingerprint density at radius 1 is 1.26 bits per heavy atom. The molecule has 0 saturated heterocycles. The van der Waals surface area contributed by atoms with E-state index < -0.39 is 10.0 Å². The monoisotopic (exact) mass is 352 g/mol. The largest absolute Gasteiger partial charge is 0.349 e. The predicted octanol–water partition coefficient (Wildman–Crippen LogP) is 1.09. The molecule has 7 nitrogen and oxygen atoms in total. The third-order valence-corrected chi connectivity index (χ3v) is 4.77. The Balaban J connectivity index is 1.90. The van der Waals surface area contributed by atoms with Gasteiger partial charge in [0, 0.05) is 12.4 Å². The number of carbonyl (C=O) groups is 1. The molecular formula is C14H16N4O3S2. The minimum atomic E-state index is -3.71. The molecule has 2 rings (SSSR count). The van der Waals surface area contributed by atoms with Gasteiger partial charge >= 0.3 is 0 Å². The lowest BCUT2D eigenvalue weighted by molar-refractivity contribution is -0.119. The summed E-state index contributed by atoms with van der Waals surface area (Å²) in [5.74, 6) is 0.0364. The maximum Gasteiger partial charge on any atom is 0.238 e. The topological polar surface area (TPSA) is 115 Å². The van der Waals surface area contributed by atoms with Crippen molar-refractivity contribution in [3.05, 3.63) is 48.3 Å². The number of thioether (sulfide) groups is 1. The summed E-state index contributed by atoms with van der Waals surface area (Å²) in [5, 5.41) is 8.41. The van der Waals surface area contributed by atoms with E-state index in [2.05, 4.69) is 15.3 Å². The van der Waals surface area contributed by atoms with Crippen LogP contribution in [-0.2, 0) is 14.8 Å². The molecule has 23 heavy (non-hydrogen) atoms.